The molecule has 2 rings (SSSR count). The molecule has 1 aromatic carbocycles. The molecule has 2 aromatic rings. The summed E-state index contributed by atoms with van der Waals surface area (Å²) in [6.07, 6.45) is 1.11. The Hall–Kier alpha value is -1.48. The van der Waals surface area contributed by atoms with Crippen molar-refractivity contribution in [2.45, 2.75) is 40.2 Å². The van der Waals surface area contributed by atoms with Gasteiger partial charge in [-0.05, 0) is 42.6 Å². The molecule has 1 heterocycles. The maximum Gasteiger partial charge on any atom is 0.134 e. The van der Waals surface area contributed by atoms with E-state index >= 15 is 0 Å². The molecule has 0 saturated carbocycles. The molecule has 3 heteroatoms. The van der Waals surface area contributed by atoms with Gasteiger partial charge in [0.25, 0.3) is 0 Å². The number of benzene rings is 1. The second kappa shape index (κ2) is 5.88. The Kier molecular flexibility index (Phi) is 4.39. The van der Waals surface area contributed by atoms with Gasteiger partial charge >= 0.3 is 0 Å². The van der Waals surface area contributed by atoms with Gasteiger partial charge in [-0.3, -0.25) is 0 Å². The quantitative estimate of drug-likeness (QED) is 0.870. The number of methoxy groups -OCH3 is 1. The molecule has 1 aromatic heterocycles. The first-order chi connectivity index (χ1) is 9.45. The Morgan fingerprint density at radius 3 is 2.60 bits per heavy atom. The van der Waals surface area contributed by atoms with Crippen LogP contribution in [0.3, 0.4) is 0 Å². The summed E-state index contributed by atoms with van der Waals surface area (Å²) >= 11 is 0. The SMILES string of the molecule is CCCNC(c1cc2cc(OC)ccc2o1)C(C)(C)C. The van der Waals surface area contributed by atoms with E-state index in [0.717, 1.165) is 35.4 Å². The molecule has 110 valence electrons. The molecule has 0 bridgehead atoms. The third kappa shape index (κ3) is 3.15. The molecule has 0 spiro atoms. The van der Waals surface area contributed by atoms with Gasteiger partial charge in [-0.2, -0.15) is 0 Å². The summed E-state index contributed by atoms with van der Waals surface area (Å²) in [5.74, 6) is 1.85. The molecule has 1 N–H and O–H groups in total. The highest BCUT2D eigenvalue weighted by Crippen LogP contribution is 2.36. The molecule has 0 radical (unpaired) electrons. The lowest BCUT2D eigenvalue weighted by Gasteiger charge is -2.29. The summed E-state index contributed by atoms with van der Waals surface area (Å²) in [4.78, 5) is 0. The van der Waals surface area contributed by atoms with Crippen LogP contribution in [0.1, 0.15) is 45.9 Å². The Morgan fingerprint density at radius 1 is 1.25 bits per heavy atom. The van der Waals surface area contributed by atoms with E-state index in [2.05, 4.69) is 39.1 Å². The van der Waals surface area contributed by atoms with E-state index in [-0.39, 0.29) is 11.5 Å². The van der Waals surface area contributed by atoms with Crippen LogP contribution in [-0.4, -0.2) is 13.7 Å². The second-order valence-electron chi connectivity index (χ2n) is 6.31. The van der Waals surface area contributed by atoms with Crippen molar-refractivity contribution in [2.24, 2.45) is 5.41 Å². The highest BCUT2D eigenvalue weighted by atomic mass is 16.5. The fourth-order valence-corrected chi connectivity index (χ4v) is 2.43. The van der Waals surface area contributed by atoms with E-state index < -0.39 is 0 Å². The maximum atomic E-state index is 6.04. The first kappa shape index (κ1) is 14.9. The highest BCUT2D eigenvalue weighted by Gasteiger charge is 2.28. The van der Waals surface area contributed by atoms with E-state index in [9.17, 15) is 0 Å². The zero-order valence-corrected chi connectivity index (χ0v) is 13.1. The fourth-order valence-electron chi connectivity index (χ4n) is 2.43. The van der Waals surface area contributed by atoms with Crippen molar-refractivity contribution in [3.8, 4) is 5.75 Å². The summed E-state index contributed by atoms with van der Waals surface area (Å²) < 4.78 is 11.3. The van der Waals surface area contributed by atoms with Crippen molar-refractivity contribution < 1.29 is 9.15 Å². The van der Waals surface area contributed by atoms with Gasteiger partial charge in [0, 0.05) is 5.39 Å². The zero-order chi connectivity index (χ0) is 14.8. The van der Waals surface area contributed by atoms with Crippen LogP contribution in [0.25, 0.3) is 11.0 Å². The van der Waals surface area contributed by atoms with Crippen molar-refractivity contribution in [1.82, 2.24) is 5.32 Å². The fraction of sp³-hybridized carbons (Fsp3) is 0.529. The molecular formula is C17H25NO2. The number of hydrogen-bond acceptors (Lipinski definition) is 3. The average molecular weight is 275 g/mol. The molecule has 0 fully saturated rings. The van der Waals surface area contributed by atoms with Gasteiger partial charge in [0.2, 0.25) is 0 Å². The largest absolute Gasteiger partial charge is 0.497 e. The van der Waals surface area contributed by atoms with Crippen molar-refractivity contribution in [3.05, 3.63) is 30.0 Å². The molecule has 1 atom stereocenters. The summed E-state index contributed by atoms with van der Waals surface area (Å²) in [6, 6.07) is 8.25. The highest BCUT2D eigenvalue weighted by molar-refractivity contribution is 5.79. The van der Waals surface area contributed by atoms with Gasteiger partial charge in [0.15, 0.2) is 0 Å². The number of hydrogen-bond donors (Lipinski definition) is 1. The third-order valence-corrected chi connectivity index (χ3v) is 3.49. The van der Waals surface area contributed by atoms with E-state index in [4.69, 9.17) is 9.15 Å². The van der Waals surface area contributed by atoms with Crippen LogP contribution in [0.2, 0.25) is 0 Å². The minimum Gasteiger partial charge on any atom is -0.497 e. The Balaban J connectivity index is 2.37. The van der Waals surface area contributed by atoms with Gasteiger partial charge in [-0.1, -0.05) is 27.7 Å². The minimum absolute atomic E-state index is 0.104. The predicted molar refractivity (Wildman–Crippen MR) is 83.3 cm³/mol. The van der Waals surface area contributed by atoms with Crippen LogP contribution < -0.4 is 10.1 Å². The molecule has 0 saturated heterocycles. The van der Waals surface area contributed by atoms with Crippen molar-refractivity contribution in [3.63, 3.8) is 0 Å². The lowest BCUT2D eigenvalue weighted by atomic mass is 9.85. The van der Waals surface area contributed by atoms with Crippen LogP contribution in [0.5, 0.6) is 5.75 Å². The van der Waals surface area contributed by atoms with Crippen LogP contribution in [0, 0.1) is 5.41 Å². The topological polar surface area (TPSA) is 34.4 Å². The van der Waals surface area contributed by atoms with Crippen molar-refractivity contribution in [2.75, 3.05) is 13.7 Å². The predicted octanol–water partition coefficient (Wildman–Crippen LogP) is 4.53. The second-order valence-corrected chi connectivity index (χ2v) is 6.31. The lowest BCUT2D eigenvalue weighted by molar-refractivity contribution is 0.242. The number of rotatable bonds is 5. The zero-order valence-electron chi connectivity index (χ0n) is 13.1. The average Bonchev–Trinajstić information content (AvgIpc) is 2.79. The van der Waals surface area contributed by atoms with Crippen molar-refractivity contribution in [1.29, 1.82) is 0 Å². The third-order valence-electron chi connectivity index (χ3n) is 3.49. The van der Waals surface area contributed by atoms with Gasteiger partial charge in [0.1, 0.15) is 17.1 Å². The lowest BCUT2D eigenvalue weighted by Crippen LogP contribution is -2.32. The van der Waals surface area contributed by atoms with Crippen LogP contribution in [0.4, 0.5) is 0 Å². The van der Waals surface area contributed by atoms with Crippen LogP contribution in [-0.2, 0) is 0 Å². The van der Waals surface area contributed by atoms with E-state index in [1.54, 1.807) is 7.11 Å². The summed E-state index contributed by atoms with van der Waals surface area (Å²) in [5.41, 5.74) is 1.01. The van der Waals surface area contributed by atoms with E-state index in [1.807, 2.05) is 18.2 Å². The van der Waals surface area contributed by atoms with Crippen LogP contribution >= 0.6 is 0 Å². The molecule has 0 aliphatic heterocycles. The summed E-state index contributed by atoms with van der Waals surface area (Å²) in [6.45, 7) is 9.86. The number of nitrogens with one attached hydrogen (secondary N) is 1. The molecule has 0 amide bonds. The number of ether oxygens (including phenoxy) is 1. The van der Waals surface area contributed by atoms with Crippen LogP contribution in [0.15, 0.2) is 28.7 Å². The maximum absolute atomic E-state index is 6.04. The molecule has 20 heavy (non-hydrogen) atoms. The first-order valence-electron chi connectivity index (χ1n) is 7.26. The molecule has 0 aliphatic carbocycles. The molecule has 1 unspecified atom stereocenters. The number of furan rings is 1. The Morgan fingerprint density at radius 2 is 2.00 bits per heavy atom. The number of fused-ring (bicyclic) bond motifs is 1. The summed E-state index contributed by atoms with van der Waals surface area (Å²) in [7, 11) is 1.68. The van der Waals surface area contributed by atoms with Gasteiger partial charge in [0.05, 0.1) is 13.2 Å². The molecule has 0 aliphatic rings. The van der Waals surface area contributed by atoms with Gasteiger partial charge in [-0.25, -0.2) is 0 Å². The van der Waals surface area contributed by atoms with Gasteiger partial charge in [-0.15, -0.1) is 0 Å². The molecule has 3 nitrogen and oxygen atoms in total. The first-order valence-corrected chi connectivity index (χ1v) is 7.26. The standard InChI is InChI=1S/C17H25NO2/c1-6-9-18-16(17(2,3)4)15-11-12-10-13(19-5)7-8-14(12)20-15/h7-8,10-11,16,18H,6,9H2,1-5H3. The normalized spacial score (nSPS) is 13.7. The molecular weight excluding hydrogens is 250 g/mol. The smallest absolute Gasteiger partial charge is 0.134 e. The monoisotopic (exact) mass is 275 g/mol. The van der Waals surface area contributed by atoms with E-state index in [1.165, 1.54) is 0 Å². The Labute approximate surface area is 121 Å². The minimum atomic E-state index is 0.104. The Bertz CT molecular complexity index is 566. The van der Waals surface area contributed by atoms with Crippen molar-refractivity contribution >= 4 is 11.0 Å². The van der Waals surface area contributed by atoms with Gasteiger partial charge < -0.3 is 14.5 Å². The summed E-state index contributed by atoms with van der Waals surface area (Å²) in [5, 5.41) is 4.68. The van der Waals surface area contributed by atoms with E-state index in [0.29, 0.717) is 0 Å².